The number of rotatable bonds is 5. The van der Waals surface area contributed by atoms with Crippen LogP contribution in [0.4, 0.5) is 32.0 Å². The van der Waals surface area contributed by atoms with E-state index in [0.717, 1.165) is 35.2 Å². The van der Waals surface area contributed by atoms with Crippen LogP contribution in [0.5, 0.6) is 0 Å². The summed E-state index contributed by atoms with van der Waals surface area (Å²) in [5.74, 6) is -2.27. The van der Waals surface area contributed by atoms with E-state index in [0.29, 0.717) is 36.1 Å². The number of alkyl halides is 6. The van der Waals surface area contributed by atoms with E-state index >= 15 is 0 Å². The van der Waals surface area contributed by atoms with Crippen molar-refractivity contribution in [3.63, 3.8) is 0 Å². The molecule has 3 aromatic heterocycles. The van der Waals surface area contributed by atoms with Crippen LogP contribution in [0.15, 0.2) is 42.9 Å². The second-order valence-corrected chi connectivity index (χ2v) is 9.37. The van der Waals surface area contributed by atoms with Crippen molar-refractivity contribution in [3.05, 3.63) is 70.9 Å². The molecule has 0 fully saturated rings. The number of allylic oxidation sites excluding steroid dienone is 1. The predicted molar refractivity (Wildman–Crippen MR) is 132 cm³/mol. The van der Waals surface area contributed by atoms with E-state index in [1.807, 2.05) is 0 Å². The first-order valence-corrected chi connectivity index (χ1v) is 12.1. The molecule has 0 aliphatic heterocycles. The van der Waals surface area contributed by atoms with Gasteiger partial charge >= 0.3 is 18.3 Å². The lowest BCUT2D eigenvalue weighted by Crippen LogP contribution is -2.45. The van der Waals surface area contributed by atoms with Crippen LogP contribution in [0.2, 0.25) is 0 Å². The molecular formula is C26H24F6N6O2. The Labute approximate surface area is 224 Å². The lowest BCUT2D eigenvalue weighted by atomic mass is 9.90. The van der Waals surface area contributed by atoms with E-state index < -0.39 is 35.8 Å². The molecule has 0 spiro atoms. The number of halogens is 6. The highest BCUT2D eigenvalue weighted by atomic mass is 19.4. The third kappa shape index (κ3) is 6.00. The van der Waals surface area contributed by atoms with Crippen molar-refractivity contribution in [1.29, 1.82) is 0 Å². The maximum absolute atomic E-state index is 12.9. The number of carbonyl (C=O) groups is 2. The second-order valence-electron chi connectivity index (χ2n) is 9.37. The zero-order valence-corrected chi connectivity index (χ0v) is 21.6. The Hall–Kier alpha value is -4.23. The van der Waals surface area contributed by atoms with Gasteiger partial charge in [0, 0.05) is 19.3 Å². The molecule has 40 heavy (non-hydrogen) atoms. The lowest BCUT2D eigenvalue weighted by molar-refractivity contribution is -0.186. The largest absolute Gasteiger partial charge is 0.471 e. The first kappa shape index (κ1) is 28.8. The molecule has 4 rings (SSSR count). The fourth-order valence-corrected chi connectivity index (χ4v) is 4.47. The Morgan fingerprint density at radius 3 is 2.33 bits per heavy atom. The summed E-state index contributed by atoms with van der Waals surface area (Å²) in [6, 6.07) is 3.16. The summed E-state index contributed by atoms with van der Waals surface area (Å²) in [6.45, 7) is 3.36. The number of carbonyl (C=O) groups excluding carboxylic acids is 2. The molecule has 0 saturated heterocycles. The van der Waals surface area contributed by atoms with E-state index in [1.165, 1.54) is 17.1 Å². The van der Waals surface area contributed by atoms with Crippen molar-refractivity contribution in [2.75, 3.05) is 12.4 Å². The van der Waals surface area contributed by atoms with Crippen LogP contribution in [-0.4, -0.2) is 55.7 Å². The third-order valence-electron chi connectivity index (χ3n) is 6.68. The standard InChI is InChI=1S/C26H24F6N6O2/c1-14-10-18(12-34-22(14)16-4-7-19(8-5-16)37(3)24(40)26(30,31)32)36-23(39)20-13-35-38(15(20)2)21-9-6-17(11-33-21)25(27,28)29/h4,6,9-13,19H,5,7-8H2,1-3H3,(H,36,39). The Morgan fingerprint density at radius 2 is 1.77 bits per heavy atom. The normalized spacial score (nSPS) is 15.9. The van der Waals surface area contributed by atoms with Gasteiger partial charge in [-0.1, -0.05) is 6.08 Å². The molecule has 3 aromatic rings. The highest BCUT2D eigenvalue weighted by molar-refractivity contribution is 6.05. The van der Waals surface area contributed by atoms with Crippen LogP contribution in [0.3, 0.4) is 0 Å². The first-order valence-electron chi connectivity index (χ1n) is 12.1. The van der Waals surface area contributed by atoms with Gasteiger partial charge in [0.05, 0.1) is 40.6 Å². The molecule has 1 unspecified atom stereocenters. The summed E-state index contributed by atoms with van der Waals surface area (Å²) in [5.41, 5.74) is 2.22. The number of nitrogens with one attached hydrogen (secondary N) is 1. The topological polar surface area (TPSA) is 93.0 Å². The van der Waals surface area contributed by atoms with Gasteiger partial charge in [-0.05, 0) is 62.4 Å². The molecule has 1 atom stereocenters. The number of hydrogen-bond acceptors (Lipinski definition) is 5. The van der Waals surface area contributed by atoms with E-state index in [-0.39, 0.29) is 17.8 Å². The molecule has 1 N–H and O–H groups in total. The van der Waals surface area contributed by atoms with Gasteiger partial charge in [0.25, 0.3) is 5.91 Å². The van der Waals surface area contributed by atoms with Gasteiger partial charge in [-0.3, -0.25) is 14.6 Å². The van der Waals surface area contributed by atoms with Gasteiger partial charge in [-0.15, -0.1) is 0 Å². The maximum Gasteiger partial charge on any atom is 0.471 e. The summed E-state index contributed by atoms with van der Waals surface area (Å²) in [5, 5.41) is 6.80. The summed E-state index contributed by atoms with van der Waals surface area (Å²) in [6.07, 6.45) is -3.23. The van der Waals surface area contributed by atoms with Gasteiger partial charge in [-0.25, -0.2) is 9.67 Å². The number of aryl methyl sites for hydroxylation is 1. The molecule has 0 saturated carbocycles. The summed E-state index contributed by atoms with van der Waals surface area (Å²) in [7, 11) is 1.14. The number of nitrogens with zero attached hydrogens (tertiary/aromatic N) is 5. The average Bonchev–Trinajstić information content (AvgIpc) is 3.28. The van der Waals surface area contributed by atoms with Crippen LogP contribution in [0.25, 0.3) is 11.4 Å². The molecule has 0 radical (unpaired) electrons. The maximum atomic E-state index is 12.9. The van der Waals surface area contributed by atoms with E-state index in [2.05, 4.69) is 20.4 Å². The van der Waals surface area contributed by atoms with Crippen LogP contribution in [0, 0.1) is 13.8 Å². The Kier molecular flexibility index (Phi) is 7.72. The van der Waals surface area contributed by atoms with Gasteiger partial charge < -0.3 is 10.2 Å². The summed E-state index contributed by atoms with van der Waals surface area (Å²) < 4.78 is 77.9. The minimum Gasteiger partial charge on any atom is -0.335 e. The van der Waals surface area contributed by atoms with E-state index in [4.69, 9.17) is 0 Å². The van der Waals surface area contributed by atoms with Gasteiger partial charge in [0.15, 0.2) is 5.82 Å². The quantitative estimate of drug-likeness (QED) is 0.412. The monoisotopic (exact) mass is 566 g/mol. The zero-order chi connectivity index (χ0) is 29.4. The van der Waals surface area contributed by atoms with Gasteiger partial charge in [-0.2, -0.15) is 31.4 Å². The molecule has 14 heteroatoms. The minimum atomic E-state index is -4.92. The number of hydrogen-bond donors (Lipinski definition) is 1. The highest BCUT2D eigenvalue weighted by Gasteiger charge is 2.43. The van der Waals surface area contributed by atoms with Gasteiger partial charge in [0.1, 0.15) is 0 Å². The molecule has 0 aromatic carbocycles. The smallest absolute Gasteiger partial charge is 0.335 e. The van der Waals surface area contributed by atoms with E-state index in [1.54, 1.807) is 26.0 Å². The molecule has 8 nitrogen and oxygen atoms in total. The molecule has 212 valence electrons. The molecule has 0 bridgehead atoms. The number of pyridine rings is 2. The number of amides is 2. The van der Waals surface area contributed by atoms with E-state index in [9.17, 15) is 35.9 Å². The Balaban J connectivity index is 1.44. The van der Waals surface area contributed by atoms with Crippen LogP contribution >= 0.6 is 0 Å². The third-order valence-corrected chi connectivity index (χ3v) is 6.68. The lowest BCUT2D eigenvalue weighted by Gasteiger charge is -2.31. The minimum absolute atomic E-state index is 0.114. The number of anilines is 1. The first-order chi connectivity index (χ1) is 18.7. The van der Waals surface area contributed by atoms with Crippen molar-refractivity contribution in [2.24, 2.45) is 0 Å². The fourth-order valence-electron chi connectivity index (χ4n) is 4.47. The van der Waals surface area contributed by atoms with Gasteiger partial charge in [0.2, 0.25) is 0 Å². The molecule has 1 aliphatic carbocycles. The summed E-state index contributed by atoms with van der Waals surface area (Å²) in [4.78, 5) is 33.4. The van der Waals surface area contributed by atoms with Crippen LogP contribution < -0.4 is 5.32 Å². The average molecular weight is 567 g/mol. The molecule has 3 heterocycles. The SMILES string of the molecule is Cc1cc(NC(=O)c2cnn(-c3ccc(C(F)(F)F)cn3)c2C)cnc1C1=CCC(N(C)C(=O)C(F)(F)F)CC1. The van der Waals surface area contributed by atoms with Crippen molar-refractivity contribution < 1.29 is 35.9 Å². The van der Waals surface area contributed by atoms with Crippen molar-refractivity contribution >= 4 is 23.1 Å². The predicted octanol–water partition coefficient (Wildman–Crippen LogP) is 5.51. The highest BCUT2D eigenvalue weighted by Crippen LogP contribution is 2.32. The zero-order valence-electron chi connectivity index (χ0n) is 21.6. The van der Waals surface area contributed by atoms with Crippen molar-refractivity contribution in [1.82, 2.24) is 24.6 Å². The molecule has 1 aliphatic rings. The second kappa shape index (κ2) is 10.7. The van der Waals surface area contributed by atoms with Crippen molar-refractivity contribution in [2.45, 2.75) is 51.5 Å². The fraction of sp³-hybridized carbons (Fsp3) is 0.346. The molecular weight excluding hydrogens is 542 g/mol. The van der Waals surface area contributed by atoms with Crippen molar-refractivity contribution in [3.8, 4) is 5.82 Å². The molecule has 2 amide bonds. The summed E-state index contributed by atoms with van der Waals surface area (Å²) >= 11 is 0. The van der Waals surface area contributed by atoms with Crippen LogP contribution in [-0.2, 0) is 11.0 Å². The Morgan fingerprint density at radius 1 is 1.05 bits per heavy atom. The Bertz CT molecular complexity index is 1460. The van der Waals surface area contributed by atoms with Crippen LogP contribution in [0.1, 0.15) is 52.1 Å². The number of aromatic nitrogens is 4.